The van der Waals surface area contributed by atoms with Crippen molar-refractivity contribution in [3.8, 4) is 0 Å². The summed E-state index contributed by atoms with van der Waals surface area (Å²) in [6.45, 7) is 1.65. The number of hydrazone groups is 1. The second-order valence-electron chi connectivity index (χ2n) is 6.54. The largest absolute Gasteiger partial charge is 0.272 e. The summed E-state index contributed by atoms with van der Waals surface area (Å²) in [6.07, 6.45) is 6.24. The third kappa shape index (κ3) is 2.01. The first-order valence-electron chi connectivity index (χ1n) is 7.82. The summed E-state index contributed by atoms with van der Waals surface area (Å²) in [5.41, 5.74) is 1.01. The van der Waals surface area contributed by atoms with Crippen molar-refractivity contribution in [1.82, 2.24) is 5.01 Å². The molecule has 4 atom stereocenters. The highest BCUT2D eigenvalue weighted by atomic mass is 16.6. The van der Waals surface area contributed by atoms with Gasteiger partial charge in [-0.3, -0.25) is 19.7 Å². The van der Waals surface area contributed by atoms with Crippen LogP contribution in [0.25, 0.3) is 0 Å². The molecule has 122 valence electrons. The molecule has 1 aromatic rings. The van der Waals surface area contributed by atoms with E-state index in [1.807, 2.05) is 12.2 Å². The molecule has 0 aromatic heterocycles. The predicted octanol–water partition coefficient (Wildman–Crippen LogP) is 2.04. The van der Waals surface area contributed by atoms with Gasteiger partial charge in [-0.05, 0) is 25.2 Å². The highest BCUT2D eigenvalue weighted by molar-refractivity contribution is 6.06. The lowest BCUT2D eigenvalue weighted by atomic mass is 9.85. The van der Waals surface area contributed by atoms with Crippen molar-refractivity contribution in [1.29, 1.82) is 0 Å². The van der Waals surface area contributed by atoms with Crippen LogP contribution in [0.3, 0.4) is 0 Å². The zero-order chi connectivity index (χ0) is 17.0. The van der Waals surface area contributed by atoms with E-state index in [0.717, 1.165) is 11.4 Å². The lowest BCUT2D eigenvalue weighted by Gasteiger charge is -2.13. The lowest BCUT2D eigenvalue weighted by Crippen LogP contribution is -2.28. The number of imide groups is 1. The van der Waals surface area contributed by atoms with Crippen molar-refractivity contribution in [3.63, 3.8) is 0 Å². The molecule has 24 heavy (non-hydrogen) atoms. The number of nitro groups is 1. The highest BCUT2D eigenvalue weighted by Gasteiger charge is 2.59. The Morgan fingerprint density at radius 1 is 1.21 bits per heavy atom. The van der Waals surface area contributed by atoms with Crippen molar-refractivity contribution < 1.29 is 14.5 Å². The van der Waals surface area contributed by atoms with E-state index >= 15 is 0 Å². The fourth-order valence-corrected chi connectivity index (χ4v) is 4.03. The SMILES string of the molecule is Cc1ccc(/C=N\N2C(=O)[C@@H]3[C@H](C2=O)[C@H]2C=C[C@@H]3C2)cc1[N+](=O)[O-]. The molecule has 2 bridgehead atoms. The maximum atomic E-state index is 12.5. The van der Waals surface area contributed by atoms with Gasteiger partial charge < -0.3 is 0 Å². The first-order chi connectivity index (χ1) is 11.5. The van der Waals surface area contributed by atoms with E-state index in [4.69, 9.17) is 0 Å². The summed E-state index contributed by atoms with van der Waals surface area (Å²) in [4.78, 5) is 35.5. The molecule has 1 saturated carbocycles. The standard InChI is InChI=1S/C17H15N3O4/c1-9-2-3-10(6-13(9)20(23)24)8-18-19-16(21)14-11-4-5-12(7-11)15(14)17(19)22/h2-6,8,11-12,14-15H,7H2,1H3/b18-8-/t11-,12+,14+,15-. The Balaban J connectivity index is 1.59. The van der Waals surface area contributed by atoms with E-state index in [9.17, 15) is 19.7 Å². The van der Waals surface area contributed by atoms with E-state index < -0.39 is 4.92 Å². The molecule has 2 amide bonds. The Morgan fingerprint density at radius 3 is 2.42 bits per heavy atom. The van der Waals surface area contributed by atoms with E-state index in [0.29, 0.717) is 11.1 Å². The third-order valence-electron chi connectivity index (χ3n) is 5.20. The Kier molecular flexibility index (Phi) is 3.13. The maximum absolute atomic E-state index is 12.5. The van der Waals surface area contributed by atoms with Gasteiger partial charge in [-0.2, -0.15) is 10.1 Å². The number of fused-ring (bicyclic) bond motifs is 5. The number of carbonyl (C=O) groups excluding carboxylic acids is 2. The molecule has 4 rings (SSSR count). The average Bonchev–Trinajstić information content (AvgIpc) is 3.22. The fourth-order valence-electron chi connectivity index (χ4n) is 4.03. The van der Waals surface area contributed by atoms with Gasteiger partial charge in [0, 0.05) is 17.2 Å². The second kappa shape index (κ2) is 5.09. The number of amides is 2. The molecule has 0 spiro atoms. The maximum Gasteiger partial charge on any atom is 0.272 e. The zero-order valence-electron chi connectivity index (χ0n) is 13.0. The minimum Gasteiger partial charge on any atom is -0.272 e. The number of benzene rings is 1. The Morgan fingerprint density at radius 2 is 1.83 bits per heavy atom. The van der Waals surface area contributed by atoms with Gasteiger partial charge in [-0.15, -0.1) is 0 Å². The van der Waals surface area contributed by atoms with Crippen LogP contribution in [0.15, 0.2) is 35.5 Å². The molecular weight excluding hydrogens is 310 g/mol. The van der Waals surface area contributed by atoms with E-state index in [-0.39, 0.29) is 41.2 Å². The number of rotatable bonds is 3. The van der Waals surface area contributed by atoms with Crippen LogP contribution in [0.5, 0.6) is 0 Å². The Hall–Kier alpha value is -2.83. The summed E-state index contributed by atoms with van der Waals surface area (Å²) >= 11 is 0. The van der Waals surface area contributed by atoms with Crippen LogP contribution < -0.4 is 0 Å². The number of allylic oxidation sites excluding steroid dienone is 2. The van der Waals surface area contributed by atoms with Gasteiger partial charge in [-0.1, -0.05) is 24.3 Å². The zero-order valence-corrected chi connectivity index (χ0v) is 13.0. The van der Waals surface area contributed by atoms with Crippen molar-refractivity contribution in [2.24, 2.45) is 28.8 Å². The van der Waals surface area contributed by atoms with Crippen molar-refractivity contribution in [2.75, 3.05) is 0 Å². The fraction of sp³-hybridized carbons (Fsp3) is 0.353. The number of nitrogens with zero attached hydrogens (tertiary/aromatic N) is 3. The van der Waals surface area contributed by atoms with E-state index in [1.165, 1.54) is 12.3 Å². The van der Waals surface area contributed by atoms with Gasteiger partial charge in [0.15, 0.2) is 0 Å². The van der Waals surface area contributed by atoms with Crippen LogP contribution in [-0.2, 0) is 9.59 Å². The van der Waals surface area contributed by atoms with Gasteiger partial charge in [0.25, 0.3) is 17.5 Å². The van der Waals surface area contributed by atoms with Crippen LogP contribution in [-0.4, -0.2) is 28.0 Å². The topological polar surface area (TPSA) is 92.9 Å². The Bertz CT molecular complexity index is 799. The first kappa shape index (κ1) is 14.7. The summed E-state index contributed by atoms with van der Waals surface area (Å²) < 4.78 is 0. The Labute approximate surface area is 137 Å². The van der Waals surface area contributed by atoms with Crippen LogP contribution in [0.1, 0.15) is 17.5 Å². The van der Waals surface area contributed by atoms with Gasteiger partial charge in [0.05, 0.1) is 23.0 Å². The van der Waals surface area contributed by atoms with E-state index in [1.54, 1.807) is 19.1 Å². The predicted molar refractivity (Wildman–Crippen MR) is 85.0 cm³/mol. The summed E-state index contributed by atoms with van der Waals surface area (Å²) in [6, 6.07) is 4.67. The highest BCUT2D eigenvalue weighted by Crippen LogP contribution is 2.52. The molecule has 0 unspecified atom stereocenters. The molecule has 1 aromatic carbocycles. The molecule has 1 saturated heterocycles. The molecular formula is C17H15N3O4. The van der Waals surface area contributed by atoms with Crippen molar-refractivity contribution >= 4 is 23.7 Å². The molecule has 2 aliphatic carbocycles. The van der Waals surface area contributed by atoms with Gasteiger partial charge in [-0.25, -0.2) is 0 Å². The molecule has 1 heterocycles. The van der Waals surface area contributed by atoms with Gasteiger partial charge in [0.1, 0.15) is 0 Å². The number of hydrogen-bond donors (Lipinski definition) is 0. The molecule has 0 radical (unpaired) electrons. The van der Waals surface area contributed by atoms with Crippen molar-refractivity contribution in [3.05, 3.63) is 51.6 Å². The monoisotopic (exact) mass is 325 g/mol. The average molecular weight is 325 g/mol. The lowest BCUT2D eigenvalue weighted by molar-refractivity contribution is -0.385. The van der Waals surface area contributed by atoms with Crippen LogP contribution in [0, 0.1) is 40.7 Å². The van der Waals surface area contributed by atoms with Crippen LogP contribution in [0.4, 0.5) is 5.69 Å². The molecule has 0 N–H and O–H groups in total. The molecule has 3 aliphatic rings. The summed E-state index contributed by atoms with van der Waals surface area (Å²) in [5.74, 6) is -0.845. The van der Waals surface area contributed by atoms with Crippen LogP contribution in [0.2, 0.25) is 0 Å². The minimum atomic E-state index is -0.466. The van der Waals surface area contributed by atoms with Gasteiger partial charge in [0.2, 0.25) is 0 Å². The molecule has 1 aliphatic heterocycles. The van der Waals surface area contributed by atoms with Crippen molar-refractivity contribution in [2.45, 2.75) is 13.3 Å². The normalized spacial score (nSPS) is 30.6. The second-order valence-corrected chi connectivity index (χ2v) is 6.54. The summed E-state index contributed by atoms with van der Waals surface area (Å²) in [5, 5.41) is 15.9. The van der Waals surface area contributed by atoms with Crippen LogP contribution >= 0.6 is 0 Å². The summed E-state index contributed by atoms with van der Waals surface area (Å²) in [7, 11) is 0. The number of hydrogen-bond acceptors (Lipinski definition) is 5. The molecule has 7 heteroatoms. The molecule has 2 fully saturated rings. The first-order valence-corrected chi connectivity index (χ1v) is 7.82. The van der Waals surface area contributed by atoms with E-state index in [2.05, 4.69) is 5.10 Å². The molecule has 7 nitrogen and oxygen atoms in total. The van der Waals surface area contributed by atoms with Gasteiger partial charge >= 0.3 is 0 Å². The smallest absolute Gasteiger partial charge is 0.272 e. The number of carbonyl (C=O) groups is 2. The third-order valence-corrected chi connectivity index (χ3v) is 5.20. The minimum absolute atomic E-state index is 0.0165. The quantitative estimate of drug-likeness (QED) is 0.279. The number of aryl methyl sites for hydroxylation is 1. The number of nitro benzene ring substituents is 1.